The van der Waals surface area contributed by atoms with Gasteiger partial charge in [0, 0.05) is 12.0 Å². The zero-order valence-electron chi connectivity index (χ0n) is 9.63. The Labute approximate surface area is 95.0 Å². The van der Waals surface area contributed by atoms with E-state index >= 15 is 0 Å². The van der Waals surface area contributed by atoms with Gasteiger partial charge in [0.2, 0.25) is 0 Å². The van der Waals surface area contributed by atoms with E-state index in [9.17, 15) is 0 Å². The molecule has 4 nitrogen and oxygen atoms in total. The van der Waals surface area contributed by atoms with Gasteiger partial charge in [0.1, 0.15) is 17.3 Å². The molecule has 84 valence electrons. The molecule has 1 aliphatic rings. The third-order valence-corrected chi connectivity index (χ3v) is 3.28. The van der Waals surface area contributed by atoms with Crippen molar-refractivity contribution < 1.29 is 9.72 Å². The molecule has 0 saturated carbocycles. The fourth-order valence-corrected chi connectivity index (χ4v) is 1.93. The van der Waals surface area contributed by atoms with Crippen LogP contribution >= 0.6 is 0 Å². The highest BCUT2D eigenvalue weighted by atomic mass is 16.5. The van der Waals surface area contributed by atoms with Crippen molar-refractivity contribution in [3.63, 3.8) is 0 Å². The van der Waals surface area contributed by atoms with Crippen molar-refractivity contribution in [1.82, 2.24) is 0 Å². The SMILES string of the molecule is CC[C@]1(C)Cc2[nH+]c(N)c(C#N)cc2CO1. The Morgan fingerprint density at radius 2 is 2.44 bits per heavy atom. The average Bonchev–Trinajstić information content (AvgIpc) is 2.28. The first-order valence-electron chi connectivity index (χ1n) is 5.45. The van der Waals surface area contributed by atoms with Crippen molar-refractivity contribution in [3.05, 3.63) is 22.9 Å². The van der Waals surface area contributed by atoms with Crippen LogP contribution in [0.4, 0.5) is 5.82 Å². The molecule has 0 bridgehead atoms. The molecule has 1 aliphatic heterocycles. The number of fused-ring (bicyclic) bond motifs is 1. The maximum absolute atomic E-state index is 8.88. The topological polar surface area (TPSA) is 73.2 Å². The summed E-state index contributed by atoms with van der Waals surface area (Å²) in [5.41, 5.74) is 8.26. The van der Waals surface area contributed by atoms with Gasteiger partial charge in [0.25, 0.3) is 5.82 Å². The van der Waals surface area contributed by atoms with Gasteiger partial charge < -0.3 is 4.74 Å². The van der Waals surface area contributed by atoms with E-state index in [4.69, 9.17) is 15.7 Å². The lowest BCUT2D eigenvalue weighted by Gasteiger charge is -2.32. The van der Waals surface area contributed by atoms with Crippen LogP contribution in [0, 0.1) is 11.3 Å². The summed E-state index contributed by atoms with van der Waals surface area (Å²) in [7, 11) is 0. The van der Waals surface area contributed by atoms with Crippen LogP contribution in [-0.2, 0) is 17.8 Å². The van der Waals surface area contributed by atoms with Gasteiger partial charge in [-0.05, 0) is 19.4 Å². The average molecular weight is 218 g/mol. The molecule has 0 spiro atoms. The van der Waals surface area contributed by atoms with Gasteiger partial charge in [-0.3, -0.25) is 5.73 Å². The monoisotopic (exact) mass is 218 g/mol. The van der Waals surface area contributed by atoms with E-state index in [0.29, 0.717) is 18.0 Å². The molecule has 0 radical (unpaired) electrons. The molecule has 0 amide bonds. The summed E-state index contributed by atoms with van der Waals surface area (Å²) < 4.78 is 5.81. The van der Waals surface area contributed by atoms with Gasteiger partial charge in [-0.15, -0.1) is 0 Å². The van der Waals surface area contributed by atoms with Crippen LogP contribution in [0.25, 0.3) is 0 Å². The zero-order chi connectivity index (χ0) is 11.8. The Bertz CT molecular complexity index is 464. The van der Waals surface area contributed by atoms with Crippen LogP contribution in [-0.4, -0.2) is 5.60 Å². The molecule has 1 aromatic rings. The summed E-state index contributed by atoms with van der Waals surface area (Å²) in [6.07, 6.45) is 1.77. The third kappa shape index (κ3) is 1.74. The van der Waals surface area contributed by atoms with Crippen molar-refractivity contribution in [1.29, 1.82) is 5.26 Å². The number of nitrogens with one attached hydrogen (secondary N) is 1. The Morgan fingerprint density at radius 3 is 3.06 bits per heavy atom. The van der Waals surface area contributed by atoms with Gasteiger partial charge in [0.15, 0.2) is 0 Å². The first kappa shape index (κ1) is 10.9. The summed E-state index contributed by atoms with van der Waals surface area (Å²) in [4.78, 5) is 3.11. The molecule has 3 N–H and O–H groups in total. The number of H-pyrrole nitrogens is 1. The molecule has 1 atom stereocenters. The number of rotatable bonds is 1. The number of pyridine rings is 1. The second kappa shape index (κ2) is 3.76. The van der Waals surface area contributed by atoms with E-state index in [1.165, 1.54) is 0 Å². The fourth-order valence-electron chi connectivity index (χ4n) is 1.93. The van der Waals surface area contributed by atoms with Crippen molar-refractivity contribution in [3.8, 4) is 6.07 Å². The van der Waals surface area contributed by atoms with E-state index < -0.39 is 0 Å². The summed E-state index contributed by atoms with van der Waals surface area (Å²) in [5.74, 6) is 0.446. The summed E-state index contributed by atoms with van der Waals surface area (Å²) in [6, 6.07) is 3.88. The molecule has 0 aromatic carbocycles. The van der Waals surface area contributed by atoms with Gasteiger partial charge in [-0.1, -0.05) is 6.92 Å². The number of nitrogens with zero attached hydrogens (tertiary/aromatic N) is 1. The van der Waals surface area contributed by atoms with E-state index in [0.717, 1.165) is 24.1 Å². The molecule has 0 saturated heterocycles. The number of aromatic nitrogens is 1. The number of hydrogen-bond acceptors (Lipinski definition) is 3. The number of ether oxygens (including phenoxy) is 1. The Balaban J connectivity index is 2.41. The first-order chi connectivity index (χ1) is 7.58. The van der Waals surface area contributed by atoms with Gasteiger partial charge in [-0.25, -0.2) is 4.98 Å². The number of anilines is 1. The van der Waals surface area contributed by atoms with Gasteiger partial charge in [0.05, 0.1) is 12.2 Å². The fraction of sp³-hybridized carbons (Fsp3) is 0.500. The van der Waals surface area contributed by atoms with Crippen LogP contribution in [0.1, 0.15) is 37.1 Å². The molecule has 1 aromatic heterocycles. The summed E-state index contributed by atoms with van der Waals surface area (Å²) >= 11 is 0. The summed E-state index contributed by atoms with van der Waals surface area (Å²) in [6.45, 7) is 4.75. The lowest BCUT2D eigenvalue weighted by Crippen LogP contribution is -2.39. The van der Waals surface area contributed by atoms with E-state index in [1.807, 2.05) is 6.07 Å². The molecule has 16 heavy (non-hydrogen) atoms. The molecule has 2 rings (SSSR count). The predicted molar refractivity (Wildman–Crippen MR) is 59.3 cm³/mol. The third-order valence-electron chi connectivity index (χ3n) is 3.28. The number of aromatic amines is 1. The molecule has 0 aliphatic carbocycles. The van der Waals surface area contributed by atoms with Crippen LogP contribution in [0.2, 0.25) is 0 Å². The maximum atomic E-state index is 8.88. The van der Waals surface area contributed by atoms with Crippen LogP contribution in [0.15, 0.2) is 6.07 Å². The Morgan fingerprint density at radius 1 is 1.69 bits per heavy atom. The van der Waals surface area contributed by atoms with E-state index in [2.05, 4.69) is 24.9 Å². The van der Waals surface area contributed by atoms with Crippen molar-refractivity contribution >= 4 is 5.82 Å². The zero-order valence-corrected chi connectivity index (χ0v) is 9.63. The normalized spacial score (nSPS) is 23.6. The summed E-state index contributed by atoms with van der Waals surface area (Å²) in [5, 5.41) is 8.88. The van der Waals surface area contributed by atoms with Crippen LogP contribution in [0.3, 0.4) is 0 Å². The highest BCUT2D eigenvalue weighted by Gasteiger charge is 2.32. The first-order valence-corrected chi connectivity index (χ1v) is 5.45. The minimum atomic E-state index is -0.121. The number of nitrogen functional groups attached to an aromatic ring is 1. The molecular formula is C12H16N3O+. The predicted octanol–water partition coefficient (Wildman–Crippen LogP) is 1.20. The highest BCUT2D eigenvalue weighted by molar-refractivity contribution is 5.46. The second-order valence-corrected chi connectivity index (χ2v) is 4.48. The second-order valence-electron chi connectivity index (χ2n) is 4.48. The minimum absolute atomic E-state index is 0.121. The van der Waals surface area contributed by atoms with Crippen molar-refractivity contribution in [2.45, 2.75) is 38.9 Å². The lowest BCUT2D eigenvalue weighted by atomic mass is 9.91. The Hall–Kier alpha value is -1.60. The molecule has 0 unspecified atom stereocenters. The molecular weight excluding hydrogens is 202 g/mol. The van der Waals surface area contributed by atoms with Gasteiger partial charge >= 0.3 is 0 Å². The van der Waals surface area contributed by atoms with E-state index in [-0.39, 0.29) is 5.60 Å². The quantitative estimate of drug-likeness (QED) is 0.769. The van der Waals surface area contributed by atoms with Crippen LogP contribution in [0.5, 0.6) is 0 Å². The smallest absolute Gasteiger partial charge is 0.288 e. The Kier molecular flexibility index (Phi) is 2.56. The molecule has 2 heterocycles. The molecule has 0 fully saturated rings. The highest BCUT2D eigenvalue weighted by Crippen LogP contribution is 2.29. The lowest BCUT2D eigenvalue weighted by molar-refractivity contribution is -0.380. The number of nitriles is 1. The van der Waals surface area contributed by atoms with Gasteiger partial charge in [-0.2, -0.15) is 5.26 Å². The van der Waals surface area contributed by atoms with Crippen molar-refractivity contribution in [2.24, 2.45) is 0 Å². The van der Waals surface area contributed by atoms with Crippen LogP contribution < -0.4 is 10.7 Å². The maximum Gasteiger partial charge on any atom is 0.288 e. The molecule has 4 heteroatoms. The minimum Gasteiger partial charge on any atom is -0.370 e. The standard InChI is InChI=1S/C12H15N3O/c1-3-12(2)5-10-9(7-16-12)4-8(6-13)11(14)15-10/h4H,3,5,7H2,1-2H3,(H2,14,15)/p+1/t12-/m1/s1. The number of hydrogen-bond donors (Lipinski definition) is 1. The van der Waals surface area contributed by atoms with E-state index in [1.54, 1.807) is 0 Å². The number of nitrogens with two attached hydrogens (primary N) is 1. The largest absolute Gasteiger partial charge is 0.370 e. The van der Waals surface area contributed by atoms with Crippen molar-refractivity contribution in [2.75, 3.05) is 5.73 Å².